The Labute approximate surface area is 166 Å². The SMILES string of the molecule is CC.CC.CC.CC1(O)Cn2c3c(c4ccccc42)CCN2CCCC1C32. The molecule has 1 aromatic carbocycles. The molecule has 4 heterocycles. The smallest absolute Gasteiger partial charge is 0.0844 e. The van der Waals surface area contributed by atoms with Crippen molar-refractivity contribution in [2.75, 3.05) is 13.1 Å². The van der Waals surface area contributed by atoms with Gasteiger partial charge >= 0.3 is 0 Å². The highest BCUT2D eigenvalue weighted by atomic mass is 16.3. The molecule has 1 saturated heterocycles. The van der Waals surface area contributed by atoms with Crippen molar-refractivity contribution in [2.45, 2.75) is 85.9 Å². The van der Waals surface area contributed by atoms with Crippen LogP contribution in [0, 0.1) is 5.92 Å². The molecule has 0 radical (unpaired) electrons. The van der Waals surface area contributed by atoms with Gasteiger partial charge in [-0.15, -0.1) is 0 Å². The first-order valence-electron chi connectivity index (χ1n) is 11.2. The van der Waals surface area contributed by atoms with E-state index in [0.717, 1.165) is 25.9 Å². The average molecular weight is 373 g/mol. The maximum absolute atomic E-state index is 11.1. The number of piperidine rings is 1. The van der Waals surface area contributed by atoms with Gasteiger partial charge in [0.15, 0.2) is 0 Å². The zero-order chi connectivity index (χ0) is 20.2. The molecular weight excluding hydrogens is 332 g/mol. The topological polar surface area (TPSA) is 28.4 Å². The van der Waals surface area contributed by atoms with Crippen molar-refractivity contribution in [1.29, 1.82) is 0 Å². The lowest BCUT2D eigenvalue weighted by Gasteiger charge is -2.53. The number of benzene rings is 1. The Morgan fingerprint density at radius 3 is 2.37 bits per heavy atom. The van der Waals surface area contributed by atoms with Crippen LogP contribution in [0.2, 0.25) is 0 Å². The van der Waals surface area contributed by atoms with E-state index in [9.17, 15) is 5.11 Å². The maximum atomic E-state index is 11.1. The Balaban J connectivity index is 0.000000400. The molecule has 152 valence electrons. The van der Waals surface area contributed by atoms with Crippen LogP contribution in [0.4, 0.5) is 0 Å². The fraction of sp³-hybridized carbons (Fsp3) is 0.667. The summed E-state index contributed by atoms with van der Waals surface area (Å²) in [6.07, 6.45) is 3.55. The standard InChI is InChI=1S/C18H22N2O.3C2H6/c1-18(21)11-20-15-7-3-2-5-12(15)13-8-10-19-9-4-6-14(18)17(19)16(13)20;3*1-2/h2-3,5,7,14,17,21H,4,6,8-11H2,1H3;3*1-2H3. The number of fused-ring (bicyclic) bond motifs is 3. The second kappa shape index (κ2) is 9.25. The second-order valence-corrected chi connectivity index (χ2v) is 7.30. The van der Waals surface area contributed by atoms with Gasteiger partial charge < -0.3 is 9.67 Å². The van der Waals surface area contributed by atoms with E-state index in [2.05, 4.69) is 33.7 Å². The van der Waals surface area contributed by atoms with E-state index in [-0.39, 0.29) is 0 Å². The third kappa shape index (κ3) is 3.56. The molecule has 3 nitrogen and oxygen atoms in total. The van der Waals surface area contributed by atoms with Gasteiger partial charge in [-0.05, 0) is 44.4 Å². The van der Waals surface area contributed by atoms with E-state index in [0.29, 0.717) is 12.0 Å². The van der Waals surface area contributed by atoms with Crippen molar-refractivity contribution in [3.05, 3.63) is 35.5 Å². The highest BCUT2D eigenvalue weighted by Gasteiger charge is 2.50. The minimum Gasteiger partial charge on any atom is -0.388 e. The number of aromatic nitrogens is 1. The summed E-state index contributed by atoms with van der Waals surface area (Å²) in [6, 6.07) is 9.18. The summed E-state index contributed by atoms with van der Waals surface area (Å²) in [5.41, 5.74) is 3.79. The molecule has 0 saturated carbocycles. The lowest BCUT2D eigenvalue weighted by atomic mass is 9.71. The van der Waals surface area contributed by atoms with Crippen molar-refractivity contribution < 1.29 is 5.11 Å². The fourth-order valence-corrected chi connectivity index (χ4v) is 5.19. The first-order valence-corrected chi connectivity index (χ1v) is 11.2. The van der Waals surface area contributed by atoms with E-state index in [1.807, 2.05) is 48.5 Å². The fourth-order valence-electron chi connectivity index (χ4n) is 5.19. The van der Waals surface area contributed by atoms with Gasteiger partial charge in [-0.3, -0.25) is 4.90 Å². The molecule has 3 heteroatoms. The van der Waals surface area contributed by atoms with Crippen molar-refractivity contribution in [2.24, 2.45) is 5.92 Å². The zero-order valence-corrected chi connectivity index (χ0v) is 18.5. The minimum atomic E-state index is -0.591. The Morgan fingerprint density at radius 2 is 1.67 bits per heavy atom. The van der Waals surface area contributed by atoms with Crippen LogP contribution in [0.5, 0.6) is 0 Å². The molecule has 0 amide bonds. The van der Waals surface area contributed by atoms with E-state index in [4.69, 9.17) is 0 Å². The van der Waals surface area contributed by atoms with Crippen molar-refractivity contribution >= 4 is 10.9 Å². The summed E-state index contributed by atoms with van der Waals surface area (Å²) in [4.78, 5) is 2.62. The number of nitrogens with zero attached hydrogens (tertiary/aromatic N) is 2. The third-order valence-corrected chi connectivity index (χ3v) is 6.06. The molecule has 1 aromatic heterocycles. The number of hydrogen-bond acceptors (Lipinski definition) is 2. The number of rotatable bonds is 0. The highest BCUT2D eigenvalue weighted by molar-refractivity contribution is 5.86. The van der Waals surface area contributed by atoms with E-state index in [1.165, 1.54) is 29.6 Å². The number of aliphatic hydroxyl groups is 1. The molecule has 5 rings (SSSR count). The molecule has 27 heavy (non-hydrogen) atoms. The first-order chi connectivity index (χ1) is 13.2. The van der Waals surface area contributed by atoms with Gasteiger partial charge in [0, 0.05) is 29.1 Å². The molecule has 3 aliphatic rings. The Morgan fingerprint density at radius 1 is 1.00 bits per heavy atom. The second-order valence-electron chi connectivity index (χ2n) is 7.30. The summed E-state index contributed by atoms with van der Waals surface area (Å²) in [6.45, 7) is 17.1. The predicted octanol–water partition coefficient (Wildman–Crippen LogP) is 5.79. The average Bonchev–Trinajstić information content (AvgIpc) is 3.06. The molecular formula is C24H40N2O. The molecule has 0 aliphatic carbocycles. The Bertz CT molecular complexity index is 731. The Hall–Kier alpha value is -1.32. The summed E-state index contributed by atoms with van der Waals surface area (Å²) in [5, 5.41) is 12.5. The highest BCUT2D eigenvalue weighted by Crippen LogP contribution is 2.51. The maximum Gasteiger partial charge on any atom is 0.0844 e. The van der Waals surface area contributed by atoms with E-state index in [1.54, 1.807) is 5.56 Å². The van der Waals surface area contributed by atoms with Crippen molar-refractivity contribution in [1.82, 2.24) is 9.47 Å². The monoisotopic (exact) mass is 372 g/mol. The number of hydrogen-bond donors (Lipinski definition) is 1. The largest absolute Gasteiger partial charge is 0.388 e. The molecule has 1 N–H and O–H groups in total. The van der Waals surface area contributed by atoms with Gasteiger partial charge in [0.1, 0.15) is 0 Å². The summed E-state index contributed by atoms with van der Waals surface area (Å²) in [5.74, 6) is 0.391. The predicted molar refractivity (Wildman–Crippen MR) is 117 cm³/mol. The van der Waals surface area contributed by atoms with E-state index < -0.39 is 5.60 Å². The van der Waals surface area contributed by atoms with Crippen LogP contribution in [-0.2, 0) is 13.0 Å². The van der Waals surface area contributed by atoms with Crippen LogP contribution in [0.25, 0.3) is 10.9 Å². The lowest BCUT2D eigenvalue weighted by molar-refractivity contribution is -0.0953. The normalized spacial score (nSPS) is 27.9. The molecule has 3 aliphatic heterocycles. The Kier molecular flexibility index (Phi) is 7.53. The first kappa shape index (κ1) is 22.0. The van der Waals surface area contributed by atoms with Gasteiger partial charge in [0.05, 0.1) is 18.2 Å². The van der Waals surface area contributed by atoms with Crippen molar-refractivity contribution in [3.8, 4) is 0 Å². The minimum absolute atomic E-state index is 0.391. The zero-order valence-electron chi connectivity index (χ0n) is 18.5. The summed E-state index contributed by atoms with van der Waals surface area (Å²) < 4.78 is 2.42. The van der Waals surface area contributed by atoms with Crippen LogP contribution in [0.15, 0.2) is 24.3 Å². The third-order valence-electron chi connectivity index (χ3n) is 6.06. The quantitative estimate of drug-likeness (QED) is 0.633. The van der Waals surface area contributed by atoms with Gasteiger partial charge in [-0.1, -0.05) is 59.7 Å². The van der Waals surface area contributed by atoms with Gasteiger partial charge in [0.2, 0.25) is 0 Å². The molecule has 3 atom stereocenters. The number of para-hydroxylation sites is 1. The van der Waals surface area contributed by atoms with Crippen LogP contribution in [-0.4, -0.2) is 33.3 Å². The van der Waals surface area contributed by atoms with Crippen LogP contribution in [0.1, 0.15) is 78.6 Å². The van der Waals surface area contributed by atoms with E-state index >= 15 is 0 Å². The molecule has 1 fully saturated rings. The van der Waals surface area contributed by atoms with Crippen LogP contribution >= 0.6 is 0 Å². The van der Waals surface area contributed by atoms with Gasteiger partial charge in [-0.2, -0.15) is 0 Å². The van der Waals surface area contributed by atoms with Gasteiger partial charge in [-0.25, -0.2) is 0 Å². The summed E-state index contributed by atoms with van der Waals surface area (Å²) >= 11 is 0. The van der Waals surface area contributed by atoms with Crippen LogP contribution < -0.4 is 0 Å². The van der Waals surface area contributed by atoms with Gasteiger partial charge in [0.25, 0.3) is 0 Å². The molecule has 3 unspecified atom stereocenters. The lowest BCUT2D eigenvalue weighted by Crippen LogP contribution is -2.56. The molecule has 2 aromatic rings. The molecule has 0 spiro atoms. The van der Waals surface area contributed by atoms with Crippen LogP contribution in [0.3, 0.4) is 0 Å². The summed E-state index contributed by atoms with van der Waals surface area (Å²) in [7, 11) is 0. The molecule has 0 bridgehead atoms. The van der Waals surface area contributed by atoms with Crippen molar-refractivity contribution in [3.63, 3.8) is 0 Å².